The summed E-state index contributed by atoms with van der Waals surface area (Å²) >= 11 is 0. The normalized spacial score (nSPS) is 10.5. The number of benzene rings is 2. The van der Waals surface area contributed by atoms with Crippen LogP contribution in [0.4, 0.5) is 10.1 Å². The van der Waals surface area contributed by atoms with Gasteiger partial charge >= 0.3 is 0 Å². The van der Waals surface area contributed by atoms with Crippen LogP contribution in [0, 0.1) is 12.7 Å². The topological polar surface area (TPSA) is 55.1 Å². The van der Waals surface area contributed by atoms with E-state index in [1.807, 2.05) is 30.3 Å². The van der Waals surface area contributed by atoms with Gasteiger partial charge < -0.3 is 9.73 Å². The summed E-state index contributed by atoms with van der Waals surface area (Å²) in [7, 11) is 0. The maximum absolute atomic E-state index is 12.9. The Morgan fingerprint density at radius 2 is 1.77 bits per heavy atom. The number of aromatic nitrogens is 1. The van der Waals surface area contributed by atoms with Gasteiger partial charge in [0.25, 0.3) is 5.91 Å². The molecule has 0 aliphatic carbocycles. The zero-order valence-electron chi connectivity index (χ0n) is 11.8. The monoisotopic (exact) mass is 296 g/mol. The molecule has 0 aliphatic rings. The van der Waals surface area contributed by atoms with E-state index in [-0.39, 0.29) is 11.5 Å². The average molecular weight is 296 g/mol. The number of carbonyl (C=O) groups excluding carboxylic acids is 1. The van der Waals surface area contributed by atoms with Crippen molar-refractivity contribution < 1.29 is 13.6 Å². The van der Waals surface area contributed by atoms with Crippen molar-refractivity contribution in [2.45, 2.75) is 6.92 Å². The molecule has 5 heteroatoms. The molecule has 0 fully saturated rings. The van der Waals surface area contributed by atoms with Crippen LogP contribution in [0.25, 0.3) is 11.5 Å². The van der Waals surface area contributed by atoms with Gasteiger partial charge in [-0.1, -0.05) is 18.2 Å². The molecule has 1 N–H and O–H groups in total. The standard InChI is InChI=1S/C17H13FN2O2/c1-11-15(16(21)19-14-9-7-13(18)8-10-14)20-17(22-11)12-5-3-2-4-6-12/h2-10H,1H3,(H,19,21). The molecule has 22 heavy (non-hydrogen) atoms. The Labute approximate surface area is 126 Å². The molecule has 4 nitrogen and oxygen atoms in total. The molecule has 0 aliphatic heterocycles. The van der Waals surface area contributed by atoms with E-state index in [1.165, 1.54) is 24.3 Å². The second kappa shape index (κ2) is 5.81. The number of nitrogens with zero attached hydrogens (tertiary/aromatic N) is 1. The number of anilines is 1. The first-order valence-electron chi connectivity index (χ1n) is 6.73. The van der Waals surface area contributed by atoms with Crippen molar-refractivity contribution in [1.82, 2.24) is 4.98 Å². The number of halogens is 1. The Morgan fingerprint density at radius 1 is 1.09 bits per heavy atom. The molecule has 3 rings (SSSR count). The number of aryl methyl sites for hydroxylation is 1. The fraction of sp³-hybridized carbons (Fsp3) is 0.0588. The Bertz CT molecular complexity index is 795. The third-order valence-electron chi connectivity index (χ3n) is 3.13. The Kier molecular flexibility index (Phi) is 3.70. The molecule has 2 aromatic carbocycles. The van der Waals surface area contributed by atoms with E-state index < -0.39 is 5.91 Å². The second-order valence-corrected chi connectivity index (χ2v) is 4.75. The number of rotatable bonds is 3. The van der Waals surface area contributed by atoms with E-state index in [0.29, 0.717) is 17.3 Å². The lowest BCUT2D eigenvalue weighted by atomic mass is 10.2. The summed E-state index contributed by atoms with van der Waals surface area (Å²) in [5.74, 6) is 0.0674. The number of nitrogens with one attached hydrogen (secondary N) is 1. The Hall–Kier alpha value is -2.95. The summed E-state index contributed by atoms with van der Waals surface area (Å²) in [4.78, 5) is 16.5. The van der Waals surface area contributed by atoms with Crippen LogP contribution in [0.5, 0.6) is 0 Å². The number of hydrogen-bond acceptors (Lipinski definition) is 3. The maximum atomic E-state index is 12.9. The first kappa shape index (κ1) is 14.0. The minimum Gasteiger partial charge on any atom is -0.441 e. The first-order chi connectivity index (χ1) is 10.6. The van der Waals surface area contributed by atoms with Crippen LogP contribution in [0.1, 0.15) is 16.2 Å². The molecule has 0 saturated carbocycles. The molecule has 3 aromatic rings. The molecule has 0 atom stereocenters. The molecule has 110 valence electrons. The highest BCUT2D eigenvalue weighted by molar-refractivity contribution is 6.03. The van der Waals surface area contributed by atoms with Crippen LogP contribution in [0.15, 0.2) is 59.0 Å². The first-order valence-corrected chi connectivity index (χ1v) is 6.73. The van der Waals surface area contributed by atoms with E-state index in [1.54, 1.807) is 6.92 Å². The van der Waals surface area contributed by atoms with Gasteiger partial charge in [0.05, 0.1) is 0 Å². The van der Waals surface area contributed by atoms with Crippen molar-refractivity contribution in [2.75, 3.05) is 5.32 Å². The van der Waals surface area contributed by atoms with Gasteiger partial charge in [-0.25, -0.2) is 9.37 Å². The van der Waals surface area contributed by atoms with Crippen LogP contribution < -0.4 is 5.32 Å². The van der Waals surface area contributed by atoms with E-state index in [0.717, 1.165) is 5.56 Å². The lowest BCUT2D eigenvalue weighted by molar-refractivity contribution is 0.102. The summed E-state index contributed by atoms with van der Waals surface area (Å²) in [6, 6.07) is 14.9. The highest BCUT2D eigenvalue weighted by atomic mass is 19.1. The molecule has 0 bridgehead atoms. The predicted molar refractivity (Wildman–Crippen MR) is 81.0 cm³/mol. The van der Waals surface area contributed by atoms with E-state index in [9.17, 15) is 9.18 Å². The van der Waals surface area contributed by atoms with Gasteiger partial charge in [-0.15, -0.1) is 0 Å². The number of amides is 1. The zero-order valence-corrected chi connectivity index (χ0v) is 11.8. The molecule has 0 unspecified atom stereocenters. The number of carbonyl (C=O) groups is 1. The average Bonchev–Trinajstić information content (AvgIpc) is 2.92. The van der Waals surface area contributed by atoms with Crippen molar-refractivity contribution in [3.05, 3.63) is 71.9 Å². The van der Waals surface area contributed by atoms with Crippen molar-refractivity contribution in [1.29, 1.82) is 0 Å². The van der Waals surface area contributed by atoms with Gasteiger partial charge in [0.2, 0.25) is 5.89 Å². The molecule has 0 radical (unpaired) electrons. The van der Waals surface area contributed by atoms with Gasteiger partial charge in [0, 0.05) is 11.3 Å². The smallest absolute Gasteiger partial charge is 0.277 e. The van der Waals surface area contributed by atoms with Gasteiger partial charge in [-0.3, -0.25) is 4.79 Å². The lowest BCUT2D eigenvalue weighted by Gasteiger charge is -2.02. The van der Waals surface area contributed by atoms with Crippen LogP contribution in [-0.4, -0.2) is 10.9 Å². The lowest BCUT2D eigenvalue weighted by Crippen LogP contribution is -2.13. The predicted octanol–water partition coefficient (Wildman–Crippen LogP) is 4.04. The fourth-order valence-corrected chi connectivity index (χ4v) is 2.03. The summed E-state index contributed by atoms with van der Waals surface area (Å²) in [6.07, 6.45) is 0. The second-order valence-electron chi connectivity index (χ2n) is 4.75. The number of oxazole rings is 1. The quantitative estimate of drug-likeness (QED) is 0.793. The highest BCUT2D eigenvalue weighted by Crippen LogP contribution is 2.22. The molecule has 0 spiro atoms. The number of hydrogen-bond donors (Lipinski definition) is 1. The van der Waals surface area contributed by atoms with Gasteiger partial charge in [0.1, 0.15) is 11.6 Å². The zero-order chi connectivity index (χ0) is 15.5. The SMILES string of the molecule is Cc1oc(-c2ccccc2)nc1C(=O)Nc1ccc(F)cc1. The largest absolute Gasteiger partial charge is 0.441 e. The molecule has 1 amide bonds. The molecular weight excluding hydrogens is 283 g/mol. The fourth-order valence-electron chi connectivity index (χ4n) is 2.03. The van der Waals surface area contributed by atoms with Gasteiger partial charge in [-0.2, -0.15) is 0 Å². The van der Waals surface area contributed by atoms with Crippen molar-refractivity contribution >= 4 is 11.6 Å². The van der Waals surface area contributed by atoms with Crippen LogP contribution in [0.3, 0.4) is 0 Å². The van der Waals surface area contributed by atoms with Crippen molar-refractivity contribution in [2.24, 2.45) is 0 Å². The highest BCUT2D eigenvalue weighted by Gasteiger charge is 2.18. The van der Waals surface area contributed by atoms with Gasteiger partial charge in [0.15, 0.2) is 5.69 Å². The van der Waals surface area contributed by atoms with Crippen molar-refractivity contribution in [3.63, 3.8) is 0 Å². The summed E-state index contributed by atoms with van der Waals surface area (Å²) in [5.41, 5.74) is 1.50. The van der Waals surface area contributed by atoms with E-state index >= 15 is 0 Å². The summed E-state index contributed by atoms with van der Waals surface area (Å²) in [6.45, 7) is 1.68. The molecule has 1 aromatic heterocycles. The van der Waals surface area contributed by atoms with Crippen molar-refractivity contribution in [3.8, 4) is 11.5 Å². The van der Waals surface area contributed by atoms with E-state index in [4.69, 9.17) is 4.42 Å². The third kappa shape index (κ3) is 2.88. The Morgan fingerprint density at radius 3 is 2.45 bits per heavy atom. The van der Waals surface area contributed by atoms with Crippen LogP contribution in [0.2, 0.25) is 0 Å². The van der Waals surface area contributed by atoms with Crippen LogP contribution in [-0.2, 0) is 0 Å². The molecular formula is C17H13FN2O2. The maximum Gasteiger partial charge on any atom is 0.277 e. The molecule has 0 saturated heterocycles. The van der Waals surface area contributed by atoms with Crippen LogP contribution >= 0.6 is 0 Å². The minimum atomic E-state index is -0.393. The summed E-state index contributed by atoms with van der Waals surface area (Å²) in [5, 5.41) is 2.66. The third-order valence-corrected chi connectivity index (χ3v) is 3.13. The van der Waals surface area contributed by atoms with Gasteiger partial charge in [-0.05, 0) is 43.3 Å². The molecule has 1 heterocycles. The minimum absolute atomic E-state index is 0.211. The summed E-state index contributed by atoms with van der Waals surface area (Å²) < 4.78 is 18.4. The van der Waals surface area contributed by atoms with E-state index in [2.05, 4.69) is 10.3 Å². The Balaban J connectivity index is 1.84.